The van der Waals surface area contributed by atoms with E-state index in [9.17, 15) is 0 Å². The fourth-order valence-electron chi connectivity index (χ4n) is 2.15. The standard InChI is InChI=1S/C19H36/c1-6-8-10-12-15-18(14-11-9-7-2)16-13-17-19(3,4)5/h13,15,17H,6-12,14,16H2,1-5H3/b17-13+,18-15+. The highest BCUT2D eigenvalue weighted by Crippen LogP contribution is 2.19. The lowest BCUT2D eigenvalue weighted by molar-refractivity contribution is 0.542. The zero-order chi connectivity index (χ0) is 14.6. The molecule has 0 heterocycles. The number of rotatable bonds is 10. The van der Waals surface area contributed by atoms with E-state index in [4.69, 9.17) is 0 Å². The van der Waals surface area contributed by atoms with Gasteiger partial charge in [-0.15, -0.1) is 0 Å². The van der Waals surface area contributed by atoms with Gasteiger partial charge in [-0.3, -0.25) is 0 Å². The van der Waals surface area contributed by atoms with Crippen molar-refractivity contribution in [1.29, 1.82) is 0 Å². The van der Waals surface area contributed by atoms with Crippen molar-refractivity contribution in [3.8, 4) is 0 Å². The third kappa shape index (κ3) is 13.7. The molecule has 0 aliphatic heterocycles. The molecule has 0 aromatic heterocycles. The van der Waals surface area contributed by atoms with Gasteiger partial charge < -0.3 is 0 Å². The van der Waals surface area contributed by atoms with Crippen LogP contribution in [-0.4, -0.2) is 0 Å². The predicted octanol–water partition coefficient (Wildman–Crippen LogP) is 7.07. The van der Waals surface area contributed by atoms with Gasteiger partial charge in [0, 0.05) is 0 Å². The molecule has 0 saturated heterocycles. The molecule has 0 bridgehead atoms. The SMILES string of the molecule is CCCCC/C=C(/C/C=C/C(C)(C)C)CCCCC. The maximum Gasteiger partial charge on any atom is -0.0139 e. The van der Waals surface area contributed by atoms with Gasteiger partial charge in [0.2, 0.25) is 0 Å². The summed E-state index contributed by atoms with van der Waals surface area (Å²) in [5, 5.41) is 0. The molecule has 112 valence electrons. The smallest absolute Gasteiger partial charge is 0.0139 e. The summed E-state index contributed by atoms with van der Waals surface area (Å²) in [6.45, 7) is 11.4. The Hall–Kier alpha value is -0.520. The van der Waals surface area contributed by atoms with Gasteiger partial charge in [-0.05, 0) is 37.5 Å². The van der Waals surface area contributed by atoms with Crippen LogP contribution in [-0.2, 0) is 0 Å². The minimum atomic E-state index is 0.316. The third-order valence-corrected chi connectivity index (χ3v) is 3.34. The van der Waals surface area contributed by atoms with Crippen molar-refractivity contribution in [2.24, 2.45) is 5.41 Å². The molecule has 0 fully saturated rings. The van der Waals surface area contributed by atoms with E-state index < -0.39 is 0 Å². The molecule has 0 nitrogen and oxygen atoms in total. The zero-order valence-corrected chi connectivity index (χ0v) is 14.1. The Morgan fingerprint density at radius 2 is 1.53 bits per heavy atom. The largest absolute Gasteiger partial charge is 0.0850 e. The lowest BCUT2D eigenvalue weighted by Gasteiger charge is -2.12. The molecule has 0 aromatic carbocycles. The minimum Gasteiger partial charge on any atom is -0.0850 e. The van der Waals surface area contributed by atoms with Gasteiger partial charge in [0.1, 0.15) is 0 Å². The maximum atomic E-state index is 2.51. The van der Waals surface area contributed by atoms with Gasteiger partial charge in [-0.2, -0.15) is 0 Å². The minimum absolute atomic E-state index is 0.316. The van der Waals surface area contributed by atoms with Crippen LogP contribution in [0.1, 0.15) is 92.4 Å². The molecule has 0 aliphatic carbocycles. The average Bonchev–Trinajstić information content (AvgIpc) is 2.32. The van der Waals surface area contributed by atoms with Crippen LogP contribution >= 0.6 is 0 Å². The number of hydrogen-bond acceptors (Lipinski definition) is 0. The molecule has 19 heavy (non-hydrogen) atoms. The molecule has 0 unspecified atom stereocenters. The van der Waals surface area contributed by atoms with Crippen LogP contribution < -0.4 is 0 Å². The molecule has 0 radical (unpaired) electrons. The van der Waals surface area contributed by atoms with E-state index in [1.165, 1.54) is 51.4 Å². The Labute approximate surface area is 122 Å². The van der Waals surface area contributed by atoms with E-state index in [2.05, 4.69) is 52.8 Å². The topological polar surface area (TPSA) is 0 Å². The summed E-state index contributed by atoms with van der Waals surface area (Å²) in [6.07, 6.45) is 19.1. The van der Waals surface area contributed by atoms with Crippen molar-refractivity contribution >= 4 is 0 Å². The number of hydrogen-bond donors (Lipinski definition) is 0. The molecule has 0 aromatic rings. The van der Waals surface area contributed by atoms with Crippen LogP contribution in [0.3, 0.4) is 0 Å². The summed E-state index contributed by atoms with van der Waals surface area (Å²) >= 11 is 0. The van der Waals surface area contributed by atoms with Crippen LogP contribution in [0.25, 0.3) is 0 Å². The fourth-order valence-corrected chi connectivity index (χ4v) is 2.15. The van der Waals surface area contributed by atoms with Gasteiger partial charge in [-0.1, -0.05) is 84.1 Å². The first-order valence-electron chi connectivity index (χ1n) is 8.35. The van der Waals surface area contributed by atoms with Gasteiger partial charge in [0.05, 0.1) is 0 Å². The van der Waals surface area contributed by atoms with Crippen LogP contribution in [0.2, 0.25) is 0 Å². The van der Waals surface area contributed by atoms with Crippen molar-refractivity contribution in [2.75, 3.05) is 0 Å². The zero-order valence-electron chi connectivity index (χ0n) is 14.1. The van der Waals surface area contributed by atoms with Crippen molar-refractivity contribution in [2.45, 2.75) is 92.4 Å². The highest BCUT2D eigenvalue weighted by Gasteiger charge is 2.03. The van der Waals surface area contributed by atoms with Gasteiger partial charge >= 0.3 is 0 Å². The molecule has 0 saturated carbocycles. The lowest BCUT2D eigenvalue weighted by Crippen LogP contribution is -1.98. The average molecular weight is 264 g/mol. The number of allylic oxidation sites excluding steroid dienone is 4. The molecule has 0 rings (SSSR count). The summed E-state index contributed by atoms with van der Waals surface area (Å²) in [5.74, 6) is 0. The third-order valence-electron chi connectivity index (χ3n) is 3.34. The Bertz CT molecular complexity index is 250. The molecule has 0 amide bonds. The van der Waals surface area contributed by atoms with E-state index in [1.54, 1.807) is 5.57 Å². The van der Waals surface area contributed by atoms with E-state index >= 15 is 0 Å². The molecular formula is C19H36. The highest BCUT2D eigenvalue weighted by atomic mass is 14.1. The monoisotopic (exact) mass is 264 g/mol. The van der Waals surface area contributed by atoms with Crippen LogP contribution in [0, 0.1) is 5.41 Å². The molecule has 0 aliphatic rings. The van der Waals surface area contributed by atoms with Gasteiger partial charge in [0.25, 0.3) is 0 Å². The van der Waals surface area contributed by atoms with Gasteiger partial charge in [0.15, 0.2) is 0 Å². The lowest BCUT2D eigenvalue weighted by atomic mass is 9.94. The molecule has 0 N–H and O–H groups in total. The first-order chi connectivity index (χ1) is 8.99. The molecular weight excluding hydrogens is 228 g/mol. The second-order valence-corrected chi connectivity index (χ2v) is 6.79. The van der Waals surface area contributed by atoms with Gasteiger partial charge in [-0.25, -0.2) is 0 Å². The van der Waals surface area contributed by atoms with Crippen LogP contribution in [0.5, 0.6) is 0 Å². The summed E-state index contributed by atoms with van der Waals surface area (Å²) in [6, 6.07) is 0. The van der Waals surface area contributed by atoms with Crippen molar-refractivity contribution < 1.29 is 0 Å². The molecule has 0 atom stereocenters. The summed E-state index contributed by atoms with van der Waals surface area (Å²) in [4.78, 5) is 0. The van der Waals surface area contributed by atoms with E-state index in [1.807, 2.05) is 0 Å². The summed E-state index contributed by atoms with van der Waals surface area (Å²) in [7, 11) is 0. The molecule has 0 heteroatoms. The normalized spacial score (nSPS) is 13.4. The first kappa shape index (κ1) is 18.5. The summed E-state index contributed by atoms with van der Waals surface area (Å²) in [5.41, 5.74) is 1.97. The van der Waals surface area contributed by atoms with Crippen molar-refractivity contribution in [3.63, 3.8) is 0 Å². The quantitative estimate of drug-likeness (QED) is 0.292. The highest BCUT2D eigenvalue weighted by molar-refractivity contribution is 5.09. The van der Waals surface area contributed by atoms with Crippen molar-refractivity contribution in [3.05, 3.63) is 23.8 Å². The Morgan fingerprint density at radius 1 is 0.895 bits per heavy atom. The Morgan fingerprint density at radius 3 is 2.11 bits per heavy atom. The number of unbranched alkanes of at least 4 members (excludes halogenated alkanes) is 5. The molecule has 0 spiro atoms. The summed E-state index contributed by atoms with van der Waals surface area (Å²) < 4.78 is 0. The van der Waals surface area contributed by atoms with E-state index in [0.29, 0.717) is 5.41 Å². The Balaban J connectivity index is 4.20. The maximum absolute atomic E-state index is 2.51. The Kier molecular flexibility index (Phi) is 11.0. The first-order valence-corrected chi connectivity index (χ1v) is 8.35. The van der Waals surface area contributed by atoms with Crippen LogP contribution in [0.4, 0.5) is 0 Å². The second-order valence-electron chi connectivity index (χ2n) is 6.79. The predicted molar refractivity (Wildman–Crippen MR) is 89.6 cm³/mol. The fraction of sp³-hybridized carbons (Fsp3) is 0.789. The van der Waals surface area contributed by atoms with Crippen molar-refractivity contribution in [1.82, 2.24) is 0 Å². The van der Waals surface area contributed by atoms with Crippen LogP contribution in [0.15, 0.2) is 23.8 Å². The second kappa shape index (κ2) is 11.3. The van der Waals surface area contributed by atoms with E-state index in [0.717, 1.165) is 6.42 Å². The van der Waals surface area contributed by atoms with E-state index in [-0.39, 0.29) is 0 Å².